The van der Waals surface area contributed by atoms with Crippen LogP contribution < -0.4 is 20.1 Å². The molecule has 0 heterocycles. The van der Waals surface area contributed by atoms with Crippen molar-refractivity contribution in [1.29, 1.82) is 0 Å². The smallest absolute Gasteiger partial charge is 0.170 e. The maximum atomic E-state index is 5.88. The molecule has 0 unspecified atom stereocenters. The SMILES string of the molecule is CCOc1ccc(Oc2ccccc2NC(=S)NC)cc1. The van der Waals surface area contributed by atoms with E-state index in [9.17, 15) is 0 Å². The Labute approximate surface area is 130 Å². The number of ether oxygens (including phenoxy) is 2. The number of anilines is 1. The molecule has 2 aromatic carbocycles. The molecule has 2 rings (SSSR count). The third-order valence-corrected chi connectivity index (χ3v) is 3.03. The lowest BCUT2D eigenvalue weighted by molar-refractivity contribution is 0.339. The first-order valence-corrected chi connectivity index (χ1v) is 7.12. The second-order valence-electron chi connectivity index (χ2n) is 4.21. The summed E-state index contributed by atoms with van der Waals surface area (Å²) >= 11 is 5.11. The minimum Gasteiger partial charge on any atom is -0.494 e. The summed E-state index contributed by atoms with van der Waals surface area (Å²) < 4.78 is 11.3. The second kappa shape index (κ2) is 7.50. The minimum absolute atomic E-state index is 0.540. The van der Waals surface area contributed by atoms with Gasteiger partial charge in [-0.2, -0.15) is 0 Å². The summed E-state index contributed by atoms with van der Waals surface area (Å²) in [5, 5.41) is 6.50. The summed E-state index contributed by atoms with van der Waals surface area (Å²) in [6, 6.07) is 15.1. The summed E-state index contributed by atoms with van der Waals surface area (Å²) in [7, 11) is 1.77. The summed E-state index contributed by atoms with van der Waals surface area (Å²) in [4.78, 5) is 0. The molecule has 0 spiro atoms. The van der Waals surface area contributed by atoms with Crippen LogP contribution in [0.4, 0.5) is 5.69 Å². The fraction of sp³-hybridized carbons (Fsp3) is 0.188. The van der Waals surface area contributed by atoms with E-state index in [1.165, 1.54) is 0 Å². The van der Waals surface area contributed by atoms with Crippen molar-refractivity contribution >= 4 is 23.0 Å². The van der Waals surface area contributed by atoms with Crippen molar-refractivity contribution in [1.82, 2.24) is 5.32 Å². The molecule has 0 aliphatic rings. The number of benzene rings is 2. The van der Waals surface area contributed by atoms with Crippen LogP contribution in [0.25, 0.3) is 0 Å². The average molecular weight is 302 g/mol. The quantitative estimate of drug-likeness (QED) is 0.823. The van der Waals surface area contributed by atoms with E-state index in [4.69, 9.17) is 21.7 Å². The van der Waals surface area contributed by atoms with Crippen molar-refractivity contribution in [2.75, 3.05) is 19.0 Å². The molecule has 4 nitrogen and oxygen atoms in total. The largest absolute Gasteiger partial charge is 0.494 e. The number of thiocarbonyl (C=S) groups is 1. The molecule has 0 saturated carbocycles. The zero-order valence-electron chi connectivity index (χ0n) is 12.1. The standard InChI is InChI=1S/C16H18N2O2S/c1-3-19-12-8-10-13(11-9-12)20-15-7-5-4-6-14(15)18-16(21)17-2/h4-11H,3H2,1-2H3,(H2,17,18,21). The van der Waals surface area contributed by atoms with Crippen LogP contribution in [-0.2, 0) is 0 Å². The highest BCUT2D eigenvalue weighted by Gasteiger charge is 2.05. The van der Waals surface area contributed by atoms with Gasteiger partial charge in [-0.1, -0.05) is 12.1 Å². The van der Waals surface area contributed by atoms with E-state index in [-0.39, 0.29) is 0 Å². The number of nitrogens with one attached hydrogen (secondary N) is 2. The Morgan fingerprint density at radius 1 is 1.05 bits per heavy atom. The molecule has 21 heavy (non-hydrogen) atoms. The van der Waals surface area contributed by atoms with E-state index >= 15 is 0 Å². The first-order chi connectivity index (χ1) is 10.2. The molecule has 0 aliphatic heterocycles. The fourth-order valence-corrected chi connectivity index (χ4v) is 1.85. The van der Waals surface area contributed by atoms with E-state index in [0.29, 0.717) is 17.5 Å². The van der Waals surface area contributed by atoms with Crippen molar-refractivity contribution in [2.24, 2.45) is 0 Å². The highest BCUT2D eigenvalue weighted by molar-refractivity contribution is 7.80. The topological polar surface area (TPSA) is 42.5 Å². The van der Waals surface area contributed by atoms with Gasteiger partial charge in [-0.25, -0.2) is 0 Å². The van der Waals surface area contributed by atoms with Gasteiger partial charge < -0.3 is 20.1 Å². The molecule has 0 atom stereocenters. The van der Waals surface area contributed by atoms with Crippen molar-refractivity contribution in [3.63, 3.8) is 0 Å². The van der Waals surface area contributed by atoms with Gasteiger partial charge in [-0.05, 0) is 55.5 Å². The second-order valence-corrected chi connectivity index (χ2v) is 4.62. The predicted molar refractivity (Wildman–Crippen MR) is 89.4 cm³/mol. The molecule has 0 saturated heterocycles. The first kappa shape index (κ1) is 15.1. The molecule has 2 aromatic rings. The van der Waals surface area contributed by atoms with Crippen LogP contribution >= 0.6 is 12.2 Å². The third-order valence-electron chi connectivity index (χ3n) is 2.72. The van der Waals surface area contributed by atoms with E-state index in [0.717, 1.165) is 17.2 Å². The maximum Gasteiger partial charge on any atom is 0.170 e. The molecule has 0 fully saturated rings. The fourth-order valence-electron chi connectivity index (χ4n) is 1.74. The number of hydrogen-bond acceptors (Lipinski definition) is 3. The zero-order valence-corrected chi connectivity index (χ0v) is 12.9. The van der Waals surface area contributed by atoms with Crippen molar-refractivity contribution < 1.29 is 9.47 Å². The van der Waals surface area contributed by atoms with Crippen LogP contribution in [0.3, 0.4) is 0 Å². The van der Waals surface area contributed by atoms with E-state index < -0.39 is 0 Å². The van der Waals surface area contributed by atoms with Crippen LogP contribution in [0.2, 0.25) is 0 Å². The van der Waals surface area contributed by atoms with Gasteiger partial charge in [-0.3, -0.25) is 0 Å². The van der Waals surface area contributed by atoms with Gasteiger partial charge in [0.25, 0.3) is 0 Å². The highest BCUT2D eigenvalue weighted by atomic mass is 32.1. The van der Waals surface area contributed by atoms with Crippen LogP contribution in [0.15, 0.2) is 48.5 Å². The molecule has 0 amide bonds. The van der Waals surface area contributed by atoms with E-state index in [2.05, 4.69) is 10.6 Å². The summed E-state index contributed by atoms with van der Waals surface area (Å²) in [5.74, 6) is 2.27. The van der Waals surface area contributed by atoms with Crippen molar-refractivity contribution in [2.45, 2.75) is 6.92 Å². The lowest BCUT2D eigenvalue weighted by atomic mass is 10.3. The lowest BCUT2D eigenvalue weighted by Crippen LogP contribution is -2.24. The number of para-hydroxylation sites is 2. The Bertz CT molecular complexity index is 599. The van der Waals surface area contributed by atoms with Gasteiger partial charge in [-0.15, -0.1) is 0 Å². The summed E-state index contributed by atoms with van der Waals surface area (Å²) in [6.07, 6.45) is 0. The van der Waals surface area contributed by atoms with Crippen LogP contribution in [0.1, 0.15) is 6.92 Å². The monoisotopic (exact) mass is 302 g/mol. The Morgan fingerprint density at radius 3 is 2.38 bits per heavy atom. The van der Waals surface area contributed by atoms with Crippen LogP contribution in [0, 0.1) is 0 Å². The Hall–Kier alpha value is -2.27. The molecule has 0 aromatic heterocycles. The zero-order chi connectivity index (χ0) is 15.1. The van der Waals surface area contributed by atoms with E-state index in [1.54, 1.807) is 7.05 Å². The van der Waals surface area contributed by atoms with Crippen LogP contribution in [0.5, 0.6) is 17.2 Å². The Kier molecular flexibility index (Phi) is 5.40. The van der Waals surface area contributed by atoms with Gasteiger partial charge >= 0.3 is 0 Å². The molecule has 110 valence electrons. The van der Waals surface area contributed by atoms with Gasteiger partial charge in [0.15, 0.2) is 10.9 Å². The van der Waals surface area contributed by atoms with Gasteiger partial charge in [0.1, 0.15) is 11.5 Å². The van der Waals surface area contributed by atoms with Gasteiger partial charge in [0, 0.05) is 7.05 Å². The molecule has 0 radical (unpaired) electrons. The summed E-state index contributed by atoms with van der Waals surface area (Å²) in [5.41, 5.74) is 0.811. The molecular formula is C16H18N2O2S. The predicted octanol–water partition coefficient (Wildman–Crippen LogP) is 3.79. The van der Waals surface area contributed by atoms with Gasteiger partial charge in [0.2, 0.25) is 0 Å². The van der Waals surface area contributed by atoms with Gasteiger partial charge in [0.05, 0.1) is 12.3 Å². The first-order valence-electron chi connectivity index (χ1n) is 6.71. The Balaban J connectivity index is 2.13. The van der Waals surface area contributed by atoms with Crippen molar-refractivity contribution in [3.8, 4) is 17.2 Å². The number of rotatable bonds is 5. The minimum atomic E-state index is 0.540. The maximum absolute atomic E-state index is 5.88. The lowest BCUT2D eigenvalue weighted by Gasteiger charge is -2.13. The van der Waals surface area contributed by atoms with Crippen LogP contribution in [-0.4, -0.2) is 18.8 Å². The van der Waals surface area contributed by atoms with E-state index in [1.807, 2.05) is 55.5 Å². The highest BCUT2D eigenvalue weighted by Crippen LogP contribution is 2.30. The molecule has 5 heteroatoms. The molecule has 2 N–H and O–H groups in total. The Morgan fingerprint density at radius 2 is 1.71 bits per heavy atom. The molecule has 0 aliphatic carbocycles. The average Bonchev–Trinajstić information content (AvgIpc) is 2.51. The number of hydrogen-bond donors (Lipinski definition) is 2. The molecule has 0 bridgehead atoms. The van der Waals surface area contributed by atoms with Crippen molar-refractivity contribution in [3.05, 3.63) is 48.5 Å². The third kappa shape index (κ3) is 4.36. The molecular weight excluding hydrogens is 284 g/mol. The summed E-state index contributed by atoms with van der Waals surface area (Å²) in [6.45, 7) is 2.60. The normalized spacial score (nSPS) is 9.81.